The van der Waals surface area contributed by atoms with E-state index in [-0.39, 0.29) is 11.9 Å². The molecule has 2 atom stereocenters. The van der Waals surface area contributed by atoms with Gasteiger partial charge in [-0.3, -0.25) is 4.79 Å². The number of hydrogen-bond acceptors (Lipinski definition) is 3. The summed E-state index contributed by atoms with van der Waals surface area (Å²) in [6.07, 6.45) is 4.76. The molecule has 0 aromatic carbocycles. The highest BCUT2D eigenvalue weighted by Crippen LogP contribution is 2.18. The Morgan fingerprint density at radius 2 is 2.35 bits per heavy atom. The number of amides is 1. The molecule has 2 N–H and O–H groups in total. The van der Waals surface area contributed by atoms with Gasteiger partial charge in [0.1, 0.15) is 0 Å². The van der Waals surface area contributed by atoms with Crippen molar-refractivity contribution in [1.82, 2.24) is 4.90 Å². The topological polar surface area (TPSA) is 55.6 Å². The lowest BCUT2D eigenvalue weighted by atomic mass is 9.98. The van der Waals surface area contributed by atoms with Crippen LogP contribution >= 0.6 is 0 Å². The summed E-state index contributed by atoms with van der Waals surface area (Å²) in [5.41, 5.74) is 5.68. The lowest BCUT2D eigenvalue weighted by Crippen LogP contribution is -2.41. The molecular weight excluding hydrogens is 216 g/mol. The second-order valence-corrected chi connectivity index (χ2v) is 5.17. The van der Waals surface area contributed by atoms with E-state index in [1.54, 1.807) is 7.11 Å². The maximum absolute atomic E-state index is 12.0. The Bertz CT molecular complexity index is 229. The van der Waals surface area contributed by atoms with E-state index in [1.165, 1.54) is 6.42 Å². The molecule has 0 aromatic rings. The molecule has 0 bridgehead atoms. The summed E-state index contributed by atoms with van der Waals surface area (Å²) >= 11 is 0. The summed E-state index contributed by atoms with van der Waals surface area (Å²) in [4.78, 5) is 14.0. The molecule has 0 aliphatic carbocycles. The van der Waals surface area contributed by atoms with Gasteiger partial charge in [-0.05, 0) is 38.5 Å². The fourth-order valence-electron chi connectivity index (χ4n) is 2.40. The van der Waals surface area contributed by atoms with Gasteiger partial charge in [-0.15, -0.1) is 0 Å². The zero-order valence-corrected chi connectivity index (χ0v) is 11.2. The first-order chi connectivity index (χ1) is 8.13. The Labute approximate surface area is 104 Å². The van der Waals surface area contributed by atoms with Crippen LogP contribution in [-0.4, -0.2) is 43.7 Å². The minimum Gasteiger partial charge on any atom is -0.384 e. The number of likely N-dealkylation sites (tertiary alicyclic amines) is 1. The maximum atomic E-state index is 12.0. The molecule has 0 saturated carbocycles. The van der Waals surface area contributed by atoms with Gasteiger partial charge in [0.05, 0.1) is 6.61 Å². The second-order valence-electron chi connectivity index (χ2n) is 5.17. The zero-order chi connectivity index (χ0) is 12.7. The van der Waals surface area contributed by atoms with Crippen molar-refractivity contribution in [3.63, 3.8) is 0 Å². The van der Waals surface area contributed by atoms with Crippen LogP contribution in [0.5, 0.6) is 0 Å². The van der Waals surface area contributed by atoms with Crippen LogP contribution in [0, 0.1) is 5.92 Å². The summed E-state index contributed by atoms with van der Waals surface area (Å²) in [5.74, 6) is 0.803. The monoisotopic (exact) mass is 242 g/mol. The van der Waals surface area contributed by atoms with Crippen LogP contribution in [-0.2, 0) is 9.53 Å². The normalized spacial score (nSPS) is 22.5. The molecule has 0 radical (unpaired) electrons. The lowest BCUT2D eigenvalue weighted by molar-refractivity contribution is -0.133. The molecule has 4 heteroatoms. The summed E-state index contributed by atoms with van der Waals surface area (Å²) in [7, 11) is 1.73. The van der Waals surface area contributed by atoms with Crippen molar-refractivity contribution in [3.8, 4) is 0 Å². The molecule has 1 fully saturated rings. The predicted molar refractivity (Wildman–Crippen MR) is 68.7 cm³/mol. The van der Waals surface area contributed by atoms with Crippen molar-refractivity contribution in [2.45, 2.75) is 45.1 Å². The van der Waals surface area contributed by atoms with Gasteiger partial charge in [0.25, 0.3) is 0 Å². The summed E-state index contributed by atoms with van der Waals surface area (Å²) in [6, 6.07) is 0.199. The number of ether oxygens (including phenoxy) is 1. The highest BCUT2D eigenvalue weighted by Gasteiger charge is 2.22. The molecule has 100 valence electrons. The number of nitrogens with zero attached hydrogens (tertiary/aromatic N) is 1. The van der Waals surface area contributed by atoms with Crippen molar-refractivity contribution in [2.75, 3.05) is 26.8 Å². The molecular formula is C13H26N2O2. The molecule has 2 unspecified atom stereocenters. The van der Waals surface area contributed by atoms with Gasteiger partial charge in [0, 0.05) is 32.7 Å². The number of rotatable bonds is 6. The molecule has 1 heterocycles. The van der Waals surface area contributed by atoms with Crippen LogP contribution in [0.25, 0.3) is 0 Å². The van der Waals surface area contributed by atoms with Gasteiger partial charge in [-0.1, -0.05) is 0 Å². The number of methoxy groups -OCH3 is 1. The largest absolute Gasteiger partial charge is 0.384 e. The van der Waals surface area contributed by atoms with Gasteiger partial charge in [-0.2, -0.15) is 0 Å². The van der Waals surface area contributed by atoms with Gasteiger partial charge >= 0.3 is 0 Å². The summed E-state index contributed by atoms with van der Waals surface area (Å²) in [5, 5.41) is 0. The minimum atomic E-state index is 0.199. The number of carbonyl (C=O) groups is 1. The van der Waals surface area contributed by atoms with Crippen LogP contribution < -0.4 is 5.73 Å². The quantitative estimate of drug-likeness (QED) is 0.765. The highest BCUT2D eigenvalue weighted by atomic mass is 16.5. The van der Waals surface area contributed by atoms with E-state index in [4.69, 9.17) is 10.5 Å². The third kappa shape index (κ3) is 5.50. The van der Waals surface area contributed by atoms with E-state index in [9.17, 15) is 4.79 Å². The fraction of sp³-hybridized carbons (Fsp3) is 0.923. The lowest BCUT2D eigenvalue weighted by Gasteiger charge is -2.32. The Hall–Kier alpha value is -0.610. The van der Waals surface area contributed by atoms with Crippen molar-refractivity contribution < 1.29 is 9.53 Å². The standard InChI is InChI=1S/C13H26N2O2/c1-11(14)5-3-7-13(16)15-8-4-6-12(9-15)10-17-2/h11-12H,3-10,14H2,1-2H3. The van der Waals surface area contributed by atoms with Gasteiger partial charge in [-0.25, -0.2) is 0 Å². The average molecular weight is 242 g/mol. The fourth-order valence-corrected chi connectivity index (χ4v) is 2.40. The summed E-state index contributed by atoms with van der Waals surface area (Å²) < 4.78 is 5.17. The summed E-state index contributed by atoms with van der Waals surface area (Å²) in [6.45, 7) is 4.53. The van der Waals surface area contributed by atoms with Crippen LogP contribution in [0.15, 0.2) is 0 Å². The van der Waals surface area contributed by atoms with Crippen molar-refractivity contribution >= 4 is 5.91 Å². The smallest absolute Gasteiger partial charge is 0.222 e. The van der Waals surface area contributed by atoms with Crippen LogP contribution in [0.1, 0.15) is 39.0 Å². The second kappa shape index (κ2) is 7.67. The maximum Gasteiger partial charge on any atom is 0.222 e. The van der Waals surface area contributed by atoms with E-state index in [2.05, 4.69) is 0 Å². The Balaban J connectivity index is 2.25. The average Bonchev–Trinajstić information content (AvgIpc) is 2.29. The molecule has 1 aliphatic heterocycles. The first-order valence-corrected chi connectivity index (χ1v) is 6.65. The number of hydrogen-bond donors (Lipinski definition) is 1. The Morgan fingerprint density at radius 3 is 3.00 bits per heavy atom. The molecule has 1 amide bonds. The van der Waals surface area contributed by atoms with Crippen molar-refractivity contribution in [3.05, 3.63) is 0 Å². The van der Waals surface area contributed by atoms with E-state index in [1.807, 2.05) is 11.8 Å². The highest BCUT2D eigenvalue weighted by molar-refractivity contribution is 5.76. The predicted octanol–water partition coefficient (Wildman–Crippen LogP) is 1.39. The molecule has 0 spiro atoms. The SMILES string of the molecule is COCC1CCCN(C(=O)CCCC(C)N)C1. The zero-order valence-electron chi connectivity index (χ0n) is 11.2. The number of nitrogens with two attached hydrogens (primary N) is 1. The molecule has 1 aliphatic rings. The number of piperidine rings is 1. The van der Waals surface area contributed by atoms with E-state index in [0.29, 0.717) is 12.3 Å². The molecule has 4 nitrogen and oxygen atoms in total. The number of carbonyl (C=O) groups excluding carboxylic acids is 1. The Kier molecular flexibility index (Phi) is 6.52. The van der Waals surface area contributed by atoms with Gasteiger partial charge in [0.15, 0.2) is 0 Å². The van der Waals surface area contributed by atoms with Gasteiger partial charge < -0.3 is 15.4 Å². The molecule has 17 heavy (non-hydrogen) atoms. The molecule has 1 rings (SSSR count). The van der Waals surface area contributed by atoms with Crippen LogP contribution in [0.2, 0.25) is 0 Å². The van der Waals surface area contributed by atoms with E-state index in [0.717, 1.165) is 39.0 Å². The van der Waals surface area contributed by atoms with Crippen LogP contribution in [0.3, 0.4) is 0 Å². The van der Waals surface area contributed by atoms with E-state index >= 15 is 0 Å². The first kappa shape index (κ1) is 14.5. The van der Waals surface area contributed by atoms with Crippen LogP contribution in [0.4, 0.5) is 0 Å². The van der Waals surface area contributed by atoms with Crippen molar-refractivity contribution in [2.24, 2.45) is 11.7 Å². The van der Waals surface area contributed by atoms with Gasteiger partial charge in [0.2, 0.25) is 5.91 Å². The third-order valence-electron chi connectivity index (χ3n) is 3.32. The molecule has 0 aromatic heterocycles. The van der Waals surface area contributed by atoms with E-state index < -0.39 is 0 Å². The van der Waals surface area contributed by atoms with Crippen molar-refractivity contribution in [1.29, 1.82) is 0 Å². The Morgan fingerprint density at radius 1 is 1.59 bits per heavy atom. The first-order valence-electron chi connectivity index (χ1n) is 6.65. The molecule has 1 saturated heterocycles. The minimum absolute atomic E-state index is 0.199. The third-order valence-corrected chi connectivity index (χ3v) is 3.32.